The van der Waals surface area contributed by atoms with Crippen LogP contribution >= 0.6 is 0 Å². The Morgan fingerprint density at radius 3 is 2.58 bits per heavy atom. The Labute approximate surface area is 336 Å². The fourth-order valence-electron chi connectivity index (χ4n) is 9.73. The number of rotatable bonds is 5. The molecule has 3 aliphatic heterocycles. The number of carbonyl (C=O) groups is 1. The van der Waals surface area contributed by atoms with Gasteiger partial charge in [-0.3, -0.25) is 4.79 Å². The number of aryl methyl sites for hydroxylation is 1. The predicted octanol–water partition coefficient (Wildman–Crippen LogP) is 4.78. The molecule has 1 unspecified atom stereocenters. The maximum Gasteiger partial charge on any atom is 0.245 e. The zero-order valence-corrected chi connectivity index (χ0v) is 33.0. The molecule has 18 heteroatoms. The summed E-state index contributed by atoms with van der Waals surface area (Å²) in [6, 6.07) is 6.70. The van der Waals surface area contributed by atoms with Gasteiger partial charge in [0.15, 0.2) is 11.5 Å². The first-order valence-electron chi connectivity index (χ1n) is 20.0. The van der Waals surface area contributed by atoms with Crippen LogP contribution in [0, 0.1) is 24.4 Å². The average molecular weight is 809 g/mol. The molecular formula is C41H43F3N12O3. The van der Waals surface area contributed by atoms with Crippen LogP contribution in [0.15, 0.2) is 48.8 Å². The zero-order valence-electron chi connectivity index (χ0n) is 33.0. The third-order valence-corrected chi connectivity index (χ3v) is 12.2. The number of likely N-dealkylation sites (N-methyl/N-ethyl adjacent to an activating group) is 1. The number of ether oxygens (including phenoxy) is 1. The van der Waals surface area contributed by atoms with E-state index in [-0.39, 0.29) is 48.5 Å². The van der Waals surface area contributed by atoms with Crippen LogP contribution in [-0.4, -0.2) is 118 Å². The van der Waals surface area contributed by atoms with Crippen LogP contribution in [0.3, 0.4) is 0 Å². The molecule has 2 saturated heterocycles. The number of aliphatic hydroxyl groups is 1. The van der Waals surface area contributed by atoms with Crippen LogP contribution in [0.1, 0.15) is 45.4 Å². The van der Waals surface area contributed by atoms with Gasteiger partial charge in [0.2, 0.25) is 17.8 Å². The number of hydrogen-bond donors (Lipinski definition) is 2. The molecule has 6 aromatic rings. The van der Waals surface area contributed by atoms with E-state index in [1.165, 1.54) is 22.9 Å². The second-order valence-corrected chi connectivity index (χ2v) is 16.5. The molecule has 2 aromatic carbocycles. The van der Waals surface area contributed by atoms with Crippen molar-refractivity contribution in [3.05, 3.63) is 72.1 Å². The largest absolute Gasteiger partial charge is 0.390 e. The summed E-state index contributed by atoms with van der Waals surface area (Å²) in [4.78, 5) is 44.8. The third kappa shape index (κ3) is 6.39. The molecule has 4 aliphatic rings. The zero-order chi connectivity index (χ0) is 40.9. The number of piperidine rings is 1. The Morgan fingerprint density at radius 2 is 1.80 bits per heavy atom. The molecule has 5 atom stereocenters. The second kappa shape index (κ2) is 13.9. The van der Waals surface area contributed by atoms with Crippen molar-refractivity contribution in [2.75, 3.05) is 41.9 Å². The number of aromatic nitrogens is 8. The van der Waals surface area contributed by atoms with Gasteiger partial charge in [0, 0.05) is 68.8 Å². The summed E-state index contributed by atoms with van der Waals surface area (Å²) in [7, 11) is 1.75. The van der Waals surface area contributed by atoms with E-state index in [0.717, 1.165) is 18.6 Å². The van der Waals surface area contributed by atoms with Crippen molar-refractivity contribution in [3.63, 3.8) is 0 Å². The molecule has 2 N–H and O–H groups in total. The van der Waals surface area contributed by atoms with Crippen molar-refractivity contribution in [1.82, 2.24) is 44.2 Å². The smallest absolute Gasteiger partial charge is 0.245 e. The number of carbonyl (C=O) groups excluding carboxylic acids is 1. The van der Waals surface area contributed by atoms with Gasteiger partial charge in [0.05, 0.1) is 46.6 Å². The van der Waals surface area contributed by atoms with Gasteiger partial charge < -0.3 is 34.4 Å². The normalized spacial score (nSPS) is 25.6. The lowest BCUT2D eigenvalue weighted by Crippen LogP contribution is -2.65. The summed E-state index contributed by atoms with van der Waals surface area (Å²) < 4.78 is 54.2. The summed E-state index contributed by atoms with van der Waals surface area (Å²) >= 11 is 0. The fourth-order valence-corrected chi connectivity index (χ4v) is 9.73. The third-order valence-electron chi connectivity index (χ3n) is 12.2. The van der Waals surface area contributed by atoms with Crippen LogP contribution in [0.4, 0.5) is 30.9 Å². The van der Waals surface area contributed by atoms with Crippen LogP contribution in [0.2, 0.25) is 0 Å². The van der Waals surface area contributed by atoms with Gasteiger partial charge in [-0.1, -0.05) is 0 Å². The summed E-state index contributed by atoms with van der Waals surface area (Å²) in [5.41, 5.74) is 1.69. The molecule has 306 valence electrons. The molecule has 1 amide bonds. The Bertz CT molecular complexity index is 2640. The molecule has 10 rings (SSSR count). The van der Waals surface area contributed by atoms with Crippen molar-refractivity contribution in [1.29, 1.82) is 0 Å². The lowest BCUT2D eigenvalue weighted by Gasteiger charge is -2.57. The standard InChI is InChI=1S/C41H43F3N12O3/c1-5-59-27-19-52(4)38(57)34-13-24(48-39-45-9-8-31(49-39)28-10-23(43)12-32-35(28)53(20-27)21(2)47-32)18-54(34)36-29-17-46-56(33-7-6-22(42)11-30(33)44)37(29)51-40(50-36)55-25-14-26(55)16-41(3,58)15-25/h6-12,17,24-27,34,58H,5,13-16,18-20H2,1-4H3,(H,45,48,49)/t24?,25-,26-,27+,34+/m1/s1. The number of amides is 1. The van der Waals surface area contributed by atoms with E-state index in [0.29, 0.717) is 83.6 Å². The van der Waals surface area contributed by atoms with Crippen LogP contribution in [0.5, 0.6) is 0 Å². The van der Waals surface area contributed by atoms with E-state index in [9.17, 15) is 14.3 Å². The first-order chi connectivity index (χ1) is 28.3. The number of fused-ring (bicyclic) bond motifs is 8. The highest BCUT2D eigenvalue weighted by atomic mass is 19.1. The Morgan fingerprint density at radius 1 is 0.983 bits per heavy atom. The molecule has 1 saturated carbocycles. The number of nitrogens with one attached hydrogen (secondary N) is 1. The highest BCUT2D eigenvalue weighted by Gasteiger charge is 2.51. The lowest BCUT2D eigenvalue weighted by atomic mass is 9.72. The SMILES string of the molecule is CCO[C@H]1CN(C)C(=O)[C@@H]2CC(CN2c2nc(N3[C@@H]4C[C@@H]3CC(C)(O)C4)nc3c2cnn3-c2ccc(F)cc2F)Nc2nccc(n2)-c2cc(F)cc3nc(C)n(c23)C1. The summed E-state index contributed by atoms with van der Waals surface area (Å²) in [5, 5.41) is 19.4. The molecular weight excluding hydrogens is 766 g/mol. The van der Waals surface area contributed by atoms with Crippen molar-refractivity contribution >= 4 is 45.7 Å². The quantitative estimate of drug-likeness (QED) is 0.247. The summed E-state index contributed by atoms with van der Waals surface area (Å²) in [5.74, 6) is -0.423. The maximum atomic E-state index is 15.4. The average Bonchev–Trinajstić information content (AvgIpc) is 3.88. The monoisotopic (exact) mass is 808 g/mol. The van der Waals surface area contributed by atoms with E-state index < -0.39 is 35.2 Å². The van der Waals surface area contributed by atoms with Gasteiger partial charge in [0.1, 0.15) is 35.0 Å². The van der Waals surface area contributed by atoms with Crippen LogP contribution in [0.25, 0.3) is 39.0 Å². The number of halogens is 3. The highest BCUT2D eigenvalue weighted by molar-refractivity contribution is 5.94. The van der Waals surface area contributed by atoms with Crippen LogP contribution in [-0.2, 0) is 16.1 Å². The minimum absolute atomic E-state index is 0.00404. The minimum Gasteiger partial charge on any atom is -0.390 e. The van der Waals surface area contributed by atoms with E-state index in [4.69, 9.17) is 24.7 Å². The second-order valence-electron chi connectivity index (χ2n) is 16.5. The number of benzene rings is 2. The molecule has 0 spiro atoms. The van der Waals surface area contributed by atoms with Crippen LogP contribution < -0.4 is 15.1 Å². The maximum absolute atomic E-state index is 15.4. The molecule has 0 radical (unpaired) electrons. The van der Waals surface area contributed by atoms with Crippen molar-refractivity contribution in [2.45, 2.75) is 88.9 Å². The van der Waals surface area contributed by atoms with Gasteiger partial charge >= 0.3 is 0 Å². The van der Waals surface area contributed by atoms with Gasteiger partial charge in [0.25, 0.3) is 0 Å². The van der Waals surface area contributed by atoms with E-state index in [1.807, 2.05) is 30.2 Å². The summed E-state index contributed by atoms with van der Waals surface area (Å²) in [6.45, 7) is 6.84. The molecule has 4 aromatic heterocycles. The minimum atomic E-state index is -0.829. The van der Waals surface area contributed by atoms with Crippen molar-refractivity contribution in [2.24, 2.45) is 0 Å². The van der Waals surface area contributed by atoms with E-state index >= 15 is 8.78 Å². The van der Waals surface area contributed by atoms with Crippen molar-refractivity contribution < 1.29 is 27.8 Å². The highest BCUT2D eigenvalue weighted by Crippen LogP contribution is 2.46. The van der Waals surface area contributed by atoms with Gasteiger partial charge in [-0.25, -0.2) is 32.8 Å². The van der Waals surface area contributed by atoms with Gasteiger partial charge in [-0.15, -0.1) is 0 Å². The fraction of sp³-hybridized carbons (Fsp3) is 0.439. The summed E-state index contributed by atoms with van der Waals surface area (Å²) in [6.07, 6.45) is 4.94. The molecule has 7 heterocycles. The number of imidazole rings is 1. The molecule has 1 aliphatic carbocycles. The Hall–Kier alpha value is -5.88. The molecule has 59 heavy (non-hydrogen) atoms. The van der Waals surface area contributed by atoms with E-state index in [1.54, 1.807) is 30.4 Å². The molecule has 6 bridgehead atoms. The first-order valence-corrected chi connectivity index (χ1v) is 20.0. The first kappa shape index (κ1) is 37.4. The lowest BCUT2D eigenvalue weighted by molar-refractivity contribution is -0.133. The van der Waals surface area contributed by atoms with E-state index in [2.05, 4.69) is 20.3 Å². The number of nitrogens with zero attached hydrogens (tertiary/aromatic N) is 11. The van der Waals surface area contributed by atoms with Gasteiger partial charge in [-0.05, 0) is 70.7 Å². The Balaban J connectivity index is 1.10. The number of anilines is 3. The van der Waals surface area contributed by atoms with Crippen molar-refractivity contribution in [3.8, 4) is 16.9 Å². The Kier molecular flexibility index (Phi) is 8.79. The molecule has 3 fully saturated rings. The van der Waals surface area contributed by atoms with Gasteiger partial charge in [-0.2, -0.15) is 15.1 Å². The molecule has 15 nitrogen and oxygen atoms in total. The topological polar surface area (TPSA) is 155 Å². The predicted molar refractivity (Wildman–Crippen MR) is 213 cm³/mol. The number of hydrogen-bond acceptors (Lipinski definition) is 12.